The topological polar surface area (TPSA) is 95.8 Å². The maximum atomic E-state index is 13.1. The zero-order chi connectivity index (χ0) is 22.5. The molecule has 2 aromatic carbocycles. The number of non-ortho nitro benzene ring substituents is 1. The summed E-state index contributed by atoms with van der Waals surface area (Å²) >= 11 is 0. The average Bonchev–Trinajstić information content (AvgIpc) is 2.77. The highest BCUT2D eigenvalue weighted by atomic mass is 16.6. The first kappa shape index (κ1) is 22.3. The minimum absolute atomic E-state index is 0.0467. The highest BCUT2D eigenvalue weighted by Gasteiger charge is 2.31. The average molecular weight is 425 g/mol. The summed E-state index contributed by atoms with van der Waals surface area (Å²) in [7, 11) is 0. The molecule has 2 aromatic rings. The number of nitro groups is 1. The third kappa shape index (κ3) is 5.39. The van der Waals surface area contributed by atoms with Gasteiger partial charge in [-0.05, 0) is 37.1 Å². The number of nitro benzene ring substituents is 1. The first-order valence-electron chi connectivity index (χ1n) is 10.4. The van der Waals surface area contributed by atoms with Crippen LogP contribution < -0.4 is 10.2 Å². The monoisotopic (exact) mass is 424 g/mol. The van der Waals surface area contributed by atoms with E-state index in [0.717, 1.165) is 11.3 Å². The quantitative estimate of drug-likeness (QED) is 0.568. The first-order chi connectivity index (χ1) is 14.8. The first-order valence-corrected chi connectivity index (χ1v) is 10.4. The standard InChI is InChI=1S/C23H28N4O4/c1-16(2)21(24-22(28)18-6-4-17(3)5-7-18)23(29)26-14-12-25(13-15-26)19-8-10-20(11-9-19)27(30)31/h4-11,16,21H,12-15H2,1-3H3,(H,24,28). The second kappa shape index (κ2) is 9.59. The molecule has 1 fully saturated rings. The molecule has 1 N–H and O–H groups in total. The molecule has 31 heavy (non-hydrogen) atoms. The van der Waals surface area contributed by atoms with Crippen LogP contribution in [0.5, 0.6) is 0 Å². The lowest BCUT2D eigenvalue weighted by Crippen LogP contribution is -2.56. The molecule has 0 aliphatic carbocycles. The smallest absolute Gasteiger partial charge is 0.269 e. The Balaban J connectivity index is 1.61. The fourth-order valence-electron chi connectivity index (χ4n) is 3.61. The zero-order valence-electron chi connectivity index (χ0n) is 18.1. The van der Waals surface area contributed by atoms with Crippen molar-refractivity contribution in [2.24, 2.45) is 5.92 Å². The van der Waals surface area contributed by atoms with Gasteiger partial charge in [0.05, 0.1) is 4.92 Å². The number of benzene rings is 2. The summed E-state index contributed by atoms with van der Waals surface area (Å²) in [6.07, 6.45) is 0. The van der Waals surface area contributed by atoms with Crippen LogP contribution in [-0.2, 0) is 4.79 Å². The molecule has 1 heterocycles. The molecule has 3 rings (SSSR count). The number of anilines is 1. The SMILES string of the molecule is Cc1ccc(C(=O)NC(C(=O)N2CCN(c3ccc([N+](=O)[O-])cc3)CC2)C(C)C)cc1. The lowest BCUT2D eigenvalue weighted by atomic mass is 10.0. The third-order valence-electron chi connectivity index (χ3n) is 5.55. The largest absolute Gasteiger partial charge is 0.368 e. The van der Waals surface area contributed by atoms with E-state index in [1.165, 1.54) is 12.1 Å². The maximum Gasteiger partial charge on any atom is 0.269 e. The summed E-state index contributed by atoms with van der Waals surface area (Å²) in [5, 5.41) is 13.7. The molecular weight excluding hydrogens is 396 g/mol. The van der Waals surface area contributed by atoms with Crippen LogP contribution in [-0.4, -0.2) is 53.9 Å². The van der Waals surface area contributed by atoms with E-state index in [-0.39, 0.29) is 23.4 Å². The van der Waals surface area contributed by atoms with Gasteiger partial charge in [-0.2, -0.15) is 0 Å². The van der Waals surface area contributed by atoms with E-state index in [9.17, 15) is 19.7 Å². The normalized spacial score (nSPS) is 15.0. The number of piperazine rings is 1. The molecule has 1 saturated heterocycles. The number of rotatable bonds is 6. The van der Waals surface area contributed by atoms with Crippen LogP contribution in [0.25, 0.3) is 0 Å². The van der Waals surface area contributed by atoms with Gasteiger partial charge in [0.25, 0.3) is 11.6 Å². The van der Waals surface area contributed by atoms with Crippen molar-refractivity contribution in [3.05, 3.63) is 69.8 Å². The Hall–Kier alpha value is -3.42. The van der Waals surface area contributed by atoms with E-state index in [2.05, 4.69) is 10.2 Å². The van der Waals surface area contributed by atoms with Crippen LogP contribution in [0, 0.1) is 23.0 Å². The number of carbonyl (C=O) groups excluding carboxylic acids is 2. The second-order valence-electron chi connectivity index (χ2n) is 8.15. The van der Waals surface area contributed by atoms with Crippen molar-refractivity contribution in [3.8, 4) is 0 Å². The molecule has 1 aliphatic rings. The number of hydrogen-bond donors (Lipinski definition) is 1. The predicted octanol–water partition coefficient (Wildman–Crippen LogP) is 3.01. The molecule has 164 valence electrons. The minimum Gasteiger partial charge on any atom is -0.368 e. The number of nitrogens with one attached hydrogen (secondary N) is 1. The van der Waals surface area contributed by atoms with Crippen molar-refractivity contribution in [2.45, 2.75) is 26.8 Å². The molecule has 0 spiro atoms. The highest BCUT2D eigenvalue weighted by Crippen LogP contribution is 2.21. The summed E-state index contributed by atoms with van der Waals surface area (Å²) in [5.74, 6) is -0.384. The summed E-state index contributed by atoms with van der Waals surface area (Å²) in [4.78, 5) is 40.1. The number of carbonyl (C=O) groups is 2. The van der Waals surface area contributed by atoms with Crippen molar-refractivity contribution < 1.29 is 14.5 Å². The van der Waals surface area contributed by atoms with Crippen LogP contribution in [0.15, 0.2) is 48.5 Å². The Kier molecular flexibility index (Phi) is 6.89. The molecule has 2 amide bonds. The van der Waals surface area contributed by atoms with Crippen LogP contribution in [0.3, 0.4) is 0 Å². The maximum absolute atomic E-state index is 13.1. The van der Waals surface area contributed by atoms with Crippen molar-refractivity contribution in [1.82, 2.24) is 10.2 Å². The van der Waals surface area contributed by atoms with E-state index in [1.807, 2.05) is 32.9 Å². The van der Waals surface area contributed by atoms with Crippen LogP contribution in [0.4, 0.5) is 11.4 Å². The summed E-state index contributed by atoms with van der Waals surface area (Å²) in [6, 6.07) is 13.1. The molecule has 0 aromatic heterocycles. The molecule has 1 atom stereocenters. The Morgan fingerprint density at radius 3 is 2.06 bits per heavy atom. The Bertz CT molecular complexity index is 933. The summed E-state index contributed by atoms with van der Waals surface area (Å²) in [6.45, 7) is 8.11. The Morgan fingerprint density at radius 2 is 1.55 bits per heavy atom. The molecule has 0 bridgehead atoms. The van der Waals surface area contributed by atoms with Gasteiger partial charge in [0, 0.05) is 49.6 Å². The van der Waals surface area contributed by atoms with Gasteiger partial charge in [0.15, 0.2) is 0 Å². The summed E-state index contributed by atoms with van der Waals surface area (Å²) < 4.78 is 0. The van der Waals surface area contributed by atoms with E-state index < -0.39 is 11.0 Å². The van der Waals surface area contributed by atoms with E-state index in [1.54, 1.807) is 29.2 Å². The van der Waals surface area contributed by atoms with Gasteiger partial charge in [-0.3, -0.25) is 19.7 Å². The molecule has 0 saturated carbocycles. The van der Waals surface area contributed by atoms with Crippen molar-refractivity contribution >= 4 is 23.2 Å². The van der Waals surface area contributed by atoms with Crippen LogP contribution in [0.2, 0.25) is 0 Å². The molecule has 1 unspecified atom stereocenters. The molecule has 8 nitrogen and oxygen atoms in total. The number of nitrogens with zero attached hydrogens (tertiary/aromatic N) is 3. The van der Waals surface area contributed by atoms with Gasteiger partial charge in [-0.15, -0.1) is 0 Å². The summed E-state index contributed by atoms with van der Waals surface area (Å²) in [5.41, 5.74) is 2.55. The van der Waals surface area contributed by atoms with Gasteiger partial charge < -0.3 is 15.1 Å². The van der Waals surface area contributed by atoms with Crippen molar-refractivity contribution in [2.75, 3.05) is 31.1 Å². The molecule has 0 radical (unpaired) electrons. The molecule has 8 heteroatoms. The Morgan fingerprint density at radius 1 is 0.968 bits per heavy atom. The van der Waals surface area contributed by atoms with E-state index in [0.29, 0.717) is 31.7 Å². The lowest BCUT2D eigenvalue weighted by Gasteiger charge is -2.38. The van der Waals surface area contributed by atoms with E-state index >= 15 is 0 Å². The zero-order valence-corrected chi connectivity index (χ0v) is 18.1. The van der Waals surface area contributed by atoms with Gasteiger partial charge >= 0.3 is 0 Å². The van der Waals surface area contributed by atoms with Crippen LogP contribution in [0.1, 0.15) is 29.8 Å². The number of amides is 2. The molecular formula is C23H28N4O4. The minimum atomic E-state index is -0.597. The van der Waals surface area contributed by atoms with Crippen molar-refractivity contribution in [3.63, 3.8) is 0 Å². The fraction of sp³-hybridized carbons (Fsp3) is 0.391. The van der Waals surface area contributed by atoms with Gasteiger partial charge in [-0.25, -0.2) is 0 Å². The third-order valence-corrected chi connectivity index (χ3v) is 5.55. The van der Waals surface area contributed by atoms with Gasteiger partial charge in [0.2, 0.25) is 5.91 Å². The van der Waals surface area contributed by atoms with Crippen molar-refractivity contribution in [1.29, 1.82) is 0 Å². The fourth-order valence-corrected chi connectivity index (χ4v) is 3.61. The number of aryl methyl sites for hydroxylation is 1. The number of hydrogen-bond acceptors (Lipinski definition) is 5. The van der Waals surface area contributed by atoms with E-state index in [4.69, 9.17) is 0 Å². The van der Waals surface area contributed by atoms with Gasteiger partial charge in [0.1, 0.15) is 6.04 Å². The highest BCUT2D eigenvalue weighted by molar-refractivity contribution is 5.97. The lowest BCUT2D eigenvalue weighted by molar-refractivity contribution is -0.384. The second-order valence-corrected chi connectivity index (χ2v) is 8.15. The van der Waals surface area contributed by atoms with Crippen LogP contribution >= 0.6 is 0 Å². The molecule has 1 aliphatic heterocycles. The Labute approximate surface area is 182 Å². The predicted molar refractivity (Wildman–Crippen MR) is 119 cm³/mol. The van der Waals surface area contributed by atoms with Gasteiger partial charge in [-0.1, -0.05) is 31.5 Å².